The summed E-state index contributed by atoms with van der Waals surface area (Å²) < 4.78 is 10.8. The molecule has 1 aromatic carbocycles. The third kappa shape index (κ3) is 4.04. The van der Waals surface area contributed by atoms with Gasteiger partial charge in [-0.15, -0.1) is 0 Å². The zero-order chi connectivity index (χ0) is 13.1. The first-order chi connectivity index (χ1) is 7.87. The van der Waals surface area contributed by atoms with Crippen LogP contribution in [0.5, 0.6) is 5.75 Å². The van der Waals surface area contributed by atoms with Crippen LogP contribution in [-0.2, 0) is 4.43 Å². The predicted molar refractivity (Wildman–Crippen MR) is 70.8 cm³/mol. The fourth-order valence-corrected chi connectivity index (χ4v) is 2.53. The zero-order valence-electron chi connectivity index (χ0n) is 10.5. The highest BCUT2D eigenvalue weighted by Gasteiger charge is 2.22. The molecule has 0 aromatic heterocycles. The molecule has 0 N–H and O–H groups in total. The molecule has 0 heterocycles. The van der Waals surface area contributed by atoms with Crippen molar-refractivity contribution in [1.82, 2.24) is 0 Å². The molecule has 0 spiro atoms. The maximum atomic E-state index is 9.13. The largest absolute Gasteiger partial charge is 0.495 e. The Bertz CT molecular complexity index is 437. The van der Waals surface area contributed by atoms with E-state index in [1.54, 1.807) is 25.3 Å². The van der Waals surface area contributed by atoms with Crippen molar-refractivity contribution in [2.75, 3.05) is 7.11 Å². The molecule has 3 nitrogen and oxygen atoms in total. The van der Waals surface area contributed by atoms with Crippen molar-refractivity contribution in [3.8, 4) is 11.8 Å². The van der Waals surface area contributed by atoms with Crippen molar-refractivity contribution in [3.05, 3.63) is 28.8 Å². The Morgan fingerprint density at radius 2 is 2.00 bits per heavy atom. The molecule has 0 bridgehead atoms. The number of benzene rings is 1. The smallest absolute Gasteiger partial charge is 0.186 e. The van der Waals surface area contributed by atoms with E-state index >= 15 is 0 Å². The van der Waals surface area contributed by atoms with Crippen LogP contribution in [0.15, 0.2) is 18.2 Å². The summed E-state index contributed by atoms with van der Waals surface area (Å²) in [5.41, 5.74) is 0.765. The summed E-state index contributed by atoms with van der Waals surface area (Å²) in [6.07, 6.45) is -0.565. The minimum atomic E-state index is -1.76. The number of nitriles is 1. The molecular weight excluding hydrogens is 254 g/mol. The van der Waals surface area contributed by atoms with E-state index in [2.05, 4.69) is 6.07 Å². The van der Waals surface area contributed by atoms with Gasteiger partial charge in [-0.1, -0.05) is 17.7 Å². The van der Waals surface area contributed by atoms with Crippen molar-refractivity contribution in [2.45, 2.75) is 25.7 Å². The van der Waals surface area contributed by atoms with Crippen molar-refractivity contribution in [3.63, 3.8) is 0 Å². The second kappa shape index (κ2) is 5.54. The van der Waals surface area contributed by atoms with Gasteiger partial charge in [0.2, 0.25) is 0 Å². The molecule has 92 valence electrons. The van der Waals surface area contributed by atoms with Gasteiger partial charge in [-0.3, -0.25) is 0 Å². The molecule has 0 saturated carbocycles. The lowest BCUT2D eigenvalue weighted by atomic mass is 10.1. The van der Waals surface area contributed by atoms with Gasteiger partial charge < -0.3 is 9.16 Å². The van der Waals surface area contributed by atoms with E-state index in [1.807, 2.05) is 19.6 Å². The van der Waals surface area contributed by atoms with Gasteiger partial charge in [0.15, 0.2) is 14.4 Å². The Hall–Kier alpha value is -1.02. The molecule has 0 fully saturated rings. The summed E-state index contributed by atoms with van der Waals surface area (Å²) >= 11 is 6.02. The summed E-state index contributed by atoms with van der Waals surface area (Å²) in [4.78, 5) is 0. The quantitative estimate of drug-likeness (QED) is 0.782. The summed E-state index contributed by atoms with van der Waals surface area (Å²) in [6.45, 7) is 6.13. The number of halogens is 1. The molecular formula is C12H16ClNO2Si. The summed E-state index contributed by atoms with van der Waals surface area (Å²) in [6, 6.07) is 7.42. The molecule has 0 aliphatic rings. The first-order valence-corrected chi connectivity index (χ1v) is 9.07. The third-order valence-electron chi connectivity index (χ3n) is 2.07. The maximum absolute atomic E-state index is 9.13. The normalized spacial score (nSPS) is 12.9. The Balaban J connectivity index is 2.98. The van der Waals surface area contributed by atoms with Crippen LogP contribution in [-0.4, -0.2) is 15.4 Å². The number of rotatable bonds is 4. The fraction of sp³-hybridized carbons (Fsp3) is 0.417. The van der Waals surface area contributed by atoms with Crippen LogP contribution in [0.4, 0.5) is 0 Å². The number of methoxy groups -OCH3 is 1. The van der Waals surface area contributed by atoms with Crippen molar-refractivity contribution in [2.24, 2.45) is 0 Å². The predicted octanol–water partition coefficient (Wildman–Crippen LogP) is 3.76. The summed E-state index contributed by atoms with van der Waals surface area (Å²) in [7, 11) is -0.203. The molecule has 1 unspecified atom stereocenters. The standard InChI is InChI=1S/C12H16ClNO2Si/c1-15-11-6-5-9(7-10(11)13)12(8-14)16-17(2,3)4/h5-7,12H,1-4H3. The van der Waals surface area contributed by atoms with Gasteiger partial charge in [0.25, 0.3) is 0 Å². The van der Waals surface area contributed by atoms with Crippen molar-refractivity contribution in [1.29, 1.82) is 5.26 Å². The van der Waals surface area contributed by atoms with Gasteiger partial charge in [-0.2, -0.15) is 5.26 Å². The Morgan fingerprint density at radius 1 is 1.35 bits per heavy atom. The van der Waals surface area contributed by atoms with Crippen LogP contribution in [0.2, 0.25) is 24.7 Å². The fourth-order valence-electron chi connectivity index (χ4n) is 1.37. The van der Waals surface area contributed by atoms with E-state index < -0.39 is 14.4 Å². The minimum absolute atomic E-state index is 0.490. The monoisotopic (exact) mass is 269 g/mol. The molecule has 0 radical (unpaired) electrons. The number of hydrogen-bond acceptors (Lipinski definition) is 3. The molecule has 1 aromatic rings. The van der Waals surface area contributed by atoms with E-state index in [1.165, 1.54) is 0 Å². The molecule has 0 amide bonds. The van der Waals surface area contributed by atoms with Gasteiger partial charge in [-0.05, 0) is 37.3 Å². The SMILES string of the molecule is COc1ccc(C(C#N)O[Si](C)(C)C)cc1Cl. The first-order valence-electron chi connectivity index (χ1n) is 5.28. The van der Waals surface area contributed by atoms with Crippen LogP contribution >= 0.6 is 11.6 Å². The molecule has 0 aliphatic heterocycles. The topological polar surface area (TPSA) is 42.2 Å². The van der Waals surface area contributed by atoms with Crippen molar-refractivity contribution >= 4 is 19.9 Å². The molecule has 1 atom stereocenters. The van der Waals surface area contributed by atoms with Gasteiger partial charge in [0, 0.05) is 0 Å². The van der Waals surface area contributed by atoms with Crippen LogP contribution in [0, 0.1) is 11.3 Å². The van der Waals surface area contributed by atoms with E-state index in [4.69, 9.17) is 26.0 Å². The van der Waals surface area contributed by atoms with Gasteiger partial charge in [-0.25, -0.2) is 0 Å². The minimum Gasteiger partial charge on any atom is -0.495 e. The summed E-state index contributed by atoms with van der Waals surface area (Å²) in [5.74, 6) is 0.597. The maximum Gasteiger partial charge on any atom is 0.186 e. The van der Waals surface area contributed by atoms with E-state index in [9.17, 15) is 0 Å². The lowest BCUT2D eigenvalue weighted by Gasteiger charge is -2.22. The first kappa shape index (κ1) is 14.0. The Kier molecular flexibility index (Phi) is 4.58. The van der Waals surface area contributed by atoms with Crippen LogP contribution in [0.25, 0.3) is 0 Å². The molecule has 1 rings (SSSR count). The lowest BCUT2D eigenvalue weighted by molar-refractivity contribution is 0.255. The molecule has 0 saturated heterocycles. The number of ether oxygens (including phenoxy) is 1. The summed E-state index contributed by atoms with van der Waals surface area (Å²) in [5, 5.41) is 9.62. The van der Waals surface area contributed by atoms with Gasteiger partial charge >= 0.3 is 0 Å². The average molecular weight is 270 g/mol. The number of nitrogens with zero attached hydrogens (tertiary/aromatic N) is 1. The Morgan fingerprint density at radius 3 is 2.41 bits per heavy atom. The van der Waals surface area contributed by atoms with Gasteiger partial charge in [0.1, 0.15) is 5.75 Å². The third-order valence-corrected chi connectivity index (χ3v) is 3.31. The highest BCUT2D eigenvalue weighted by Crippen LogP contribution is 2.29. The van der Waals surface area contributed by atoms with E-state index in [0.717, 1.165) is 5.56 Å². The highest BCUT2D eigenvalue weighted by atomic mass is 35.5. The van der Waals surface area contributed by atoms with Crippen LogP contribution in [0.1, 0.15) is 11.7 Å². The van der Waals surface area contributed by atoms with Crippen LogP contribution in [0.3, 0.4) is 0 Å². The van der Waals surface area contributed by atoms with E-state index in [-0.39, 0.29) is 0 Å². The molecule has 5 heteroatoms. The molecule has 0 aliphatic carbocycles. The number of hydrogen-bond donors (Lipinski definition) is 0. The second-order valence-corrected chi connectivity index (χ2v) is 9.50. The van der Waals surface area contributed by atoms with E-state index in [0.29, 0.717) is 10.8 Å². The van der Waals surface area contributed by atoms with Crippen LogP contribution < -0.4 is 4.74 Å². The highest BCUT2D eigenvalue weighted by molar-refractivity contribution is 6.69. The Labute approximate surface area is 108 Å². The second-order valence-electron chi connectivity index (χ2n) is 4.63. The zero-order valence-corrected chi connectivity index (χ0v) is 12.2. The van der Waals surface area contributed by atoms with Gasteiger partial charge in [0.05, 0.1) is 18.2 Å². The lowest BCUT2D eigenvalue weighted by Crippen LogP contribution is -2.27. The van der Waals surface area contributed by atoms with Crippen molar-refractivity contribution < 1.29 is 9.16 Å². The average Bonchev–Trinajstić information content (AvgIpc) is 2.24. The molecule has 17 heavy (non-hydrogen) atoms.